The maximum atomic E-state index is 11.8. The molecule has 0 radical (unpaired) electrons. The van der Waals surface area contributed by atoms with E-state index in [1.54, 1.807) is 0 Å². The van der Waals surface area contributed by atoms with E-state index in [0.29, 0.717) is 0 Å². The molecular formula is C14H16N2O9. The molecule has 5 atom stereocenters. The lowest BCUT2D eigenvalue weighted by Gasteiger charge is -2.17. The molecule has 25 heavy (non-hydrogen) atoms. The predicted octanol–water partition coefficient (Wildman–Crippen LogP) is -2.60. The van der Waals surface area contributed by atoms with Crippen molar-refractivity contribution in [1.82, 2.24) is 9.55 Å². The molecule has 136 valence electrons. The fourth-order valence-corrected chi connectivity index (χ4v) is 2.67. The Bertz CT molecular complexity index is 785. The van der Waals surface area contributed by atoms with Gasteiger partial charge in [-0.1, -0.05) is 0 Å². The van der Waals surface area contributed by atoms with Crippen LogP contribution in [0.5, 0.6) is 0 Å². The average molecular weight is 356 g/mol. The molecule has 0 aliphatic carbocycles. The summed E-state index contributed by atoms with van der Waals surface area (Å²) in [5.41, 5.74) is -1.44. The number of hydrogen-bond donors (Lipinski definition) is 3. The molecule has 2 aliphatic heterocycles. The molecule has 2 aliphatic rings. The Hall–Kier alpha value is -2.50. The number of ether oxygens (including phenoxy) is 3. The van der Waals surface area contributed by atoms with Crippen LogP contribution in [-0.4, -0.2) is 62.7 Å². The molecular weight excluding hydrogens is 340 g/mol. The zero-order chi connectivity index (χ0) is 18.1. The van der Waals surface area contributed by atoms with Crippen LogP contribution in [0.4, 0.5) is 0 Å². The number of carbonyl (C=O) groups is 2. The quantitative estimate of drug-likeness (QED) is 0.492. The molecule has 2 fully saturated rings. The van der Waals surface area contributed by atoms with Crippen molar-refractivity contribution in [2.24, 2.45) is 0 Å². The first kappa shape index (κ1) is 17.3. The molecule has 1 aromatic heterocycles. The van der Waals surface area contributed by atoms with Crippen LogP contribution in [0.25, 0.3) is 0 Å². The molecule has 11 nitrogen and oxygen atoms in total. The molecule has 3 rings (SSSR count). The summed E-state index contributed by atoms with van der Waals surface area (Å²) in [6.45, 7) is -0.403. The highest BCUT2D eigenvalue weighted by Crippen LogP contribution is 2.28. The number of aromatic amines is 1. The van der Waals surface area contributed by atoms with Gasteiger partial charge in [0.05, 0.1) is 0 Å². The second-order valence-electron chi connectivity index (χ2n) is 5.71. The Morgan fingerprint density at radius 3 is 2.72 bits per heavy atom. The van der Waals surface area contributed by atoms with Gasteiger partial charge >= 0.3 is 17.6 Å². The first-order chi connectivity index (χ1) is 11.9. The zero-order valence-corrected chi connectivity index (χ0v) is 12.9. The normalized spacial score (nSPS) is 31.8. The van der Waals surface area contributed by atoms with E-state index in [2.05, 4.69) is 0 Å². The maximum absolute atomic E-state index is 11.8. The van der Waals surface area contributed by atoms with Crippen molar-refractivity contribution in [3.63, 3.8) is 0 Å². The average Bonchev–Trinajstić information content (AvgIpc) is 3.11. The van der Waals surface area contributed by atoms with Gasteiger partial charge in [0.1, 0.15) is 24.9 Å². The lowest BCUT2D eigenvalue weighted by atomic mass is 10.1. The van der Waals surface area contributed by atoms with Crippen LogP contribution in [0.2, 0.25) is 0 Å². The monoisotopic (exact) mass is 356 g/mol. The molecule has 0 amide bonds. The second kappa shape index (κ2) is 6.78. The highest BCUT2D eigenvalue weighted by molar-refractivity contribution is 5.82. The summed E-state index contributed by atoms with van der Waals surface area (Å²) in [5.74, 6) is -1.27. The van der Waals surface area contributed by atoms with E-state index < -0.39 is 60.4 Å². The number of carbonyl (C=O) groups excluding carboxylic acids is 2. The standard InChI is InChI=1S/C14H16N2O9/c17-8-3-4-16(14(22)15-8)12-11(20)10(19)7(25-12)5-23-13(21)6-1-2-9(18)24-6/h3-4,6-7,10-12,19-20H,1-2,5H2,(H,15,17,22)/t6-,7-,10-,11-,12-/m1/s1. The van der Waals surface area contributed by atoms with Gasteiger partial charge in [-0.2, -0.15) is 0 Å². The van der Waals surface area contributed by atoms with Crippen LogP contribution in [0.1, 0.15) is 19.1 Å². The number of rotatable bonds is 4. The van der Waals surface area contributed by atoms with Gasteiger partial charge in [0, 0.05) is 25.1 Å². The summed E-state index contributed by atoms with van der Waals surface area (Å²) in [4.78, 5) is 47.6. The minimum Gasteiger partial charge on any atom is -0.460 e. The Morgan fingerprint density at radius 2 is 2.08 bits per heavy atom. The molecule has 1 aromatic rings. The summed E-state index contributed by atoms with van der Waals surface area (Å²) >= 11 is 0. The number of aromatic nitrogens is 2. The van der Waals surface area contributed by atoms with Gasteiger partial charge in [-0.05, 0) is 0 Å². The van der Waals surface area contributed by atoms with E-state index in [0.717, 1.165) is 16.8 Å². The van der Waals surface area contributed by atoms with E-state index >= 15 is 0 Å². The molecule has 3 N–H and O–H groups in total. The highest BCUT2D eigenvalue weighted by Gasteiger charge is 2.45. The van der Waals surface area contributed by atoms with Crippen molar-refractivity contribution in [3.8, 4) is 0 Å². The molecule has 0 aromatic carbocycles. The summed E-state index contributed by atoms with van der Waals surface area (Å²) in [7, 11) is 0. The van der Waals surface area contributed by atoms with Crippen LogP contribution in [0.3, 0.4) is 0 Å². The van der Waals surface area contributed by atoms with Crippen LogP contribution in [-0.2, 0) is 23.8 Å². The van der Waals surface area contributed by atoms with Gasteiger partial charge in [0.15, 0.2) is 12.3 Å². The third kappa shape index (κ3) is 3.48. The molecule has 2 saturated heterocycles. The van der Waals surface area contributed by atoms with Gasteiger partial charge in [-0.3, -0.25) is 19.1 Å². The second-order valence-corrected chi connectivity index (χ2v) is 5.71. The molecule has 11 heteroatoms. The smallest absolute Gasteiger partial charge is 0.347 e. The minimum atomic E-state index is -1.48. The lowest BCUT2D eigenvalue weighted by Crippen LogP contribution is -2.38. The van der Waals surface area contributed by atoms with Crippen molar-refractivity contribution >= 4 is 11.9 Å². The Balaban J connectivity index is 1.64. The summed E-state index contributed by atoms with van der Waals surface area (Å²) in [6.07, 6.45) is -4.80. The van der Waals surface area contributed by atoms with Crippen LogP contribution >= 0.6 is 0 Å². The third-order valence-corrected chi connectivity index (χ3v) is 4.00. The number of aliphatic hydroxyl groups excluding tert-OH is 2. The van der Waals surface area contributed by atoms with E-state index in [4.69, 9.17) is 14.2 Å². The first-order valence-corrected chi connectivity index (χ1v) is 7.56. The van der Waals surface area contributed by atoms with E-state index in [1.165, 1.54) is 0 Å². The molecule has 0 spiro atoms. The minimum absolute atomic E-state index is 0.123. The third-order valence-electron chi connectivity index (χ3n) is 4.00. The maximum Gasteiger partial charge on any atom is 0.347 e. The number of aliphatic hydroxyl groups is 2. The fourth-order valence-electron chi connectivity index (χ4n) is 2.67. The number of nitrogens with zero attached hydrogens (tertiary/aromatic N) is 1. The number of nitrogens with one attached hydrogen (secondary N) is 1. The van der Waals surface area contributed by atoms with Crippen molar-refractivity contribution in [2.75, 3.05) is 6.61 Å². The SMILES string of the molecule is O=C1CC[C@H](C(=O)OC[C@H]2O[C@@H](n3ccc(=O)[nH]c3=O)[C@H](O)[C@@H]2O)O1. The molecule has 0 saturated carbocycles. The van der Waals surface area contributed by atoms with Crippen molar-refractivity contribution < 1.29 is 34.0 Å². The van der Waals surface area contributed by atoms with Gasteiger partial charge in [0.25, 0.3) is 5.56 Å². The number of hydrogen-bond acceptors (Lipinski definition) is 9. The van der Waals surface area contributed by atoms with Crippen molar-refractivity contribution in [2.45, 2.75) is 43.5 Å². The summed E-state index contributed by atoms with van der Waals surface area (Å²) < 4.78 is 16.0. The molecule has 0 bridgehead atoms. The van der Waals surface area contributed by atoms with Crippen LogP contribution in [0, 0.1) is 0 Å². The predicted molar refractivity (Wildman–Crippen MR) is 77.3 cm³/mol. The first-order valence-electron chi connectivity index (χ1n) is 7.56. The van der Waals surface area contributed by atoms with Crippen LogP contribution in [0.15, 0.2) is 21.9 Å². The van der Waals surface area contributed by atoms with Gasteiger partial charge < -0.3 is 24.4 Å². The van der Waals surface area contributed by atoms with E-state index in [9.17, 15) is 29.4 Å². The number of cyclic esters (lactones) is 1. The molecule has 3 heterocycles. The fraction of sp³-hybridized carbons (Fsp3) is 0.571. The van der Waals surface area contributed by atoms with E-state index in [1.807, 2.05) is 4.98 Å². The number of esters is 2. The summed E-state index contributed by atoms with van der Waals surface area (Å²) in [6, 6.07) is 1.06. The molecule has 0 unspecified atom stereocenters. The summed E-state index contributed by atoms with van der Waals surface area (Å²) in [5, 5.41) is 20.1. The number of H-pyrrole nitrogens is 1. The topological polar surface area (TPSA) is 157 Å². The van der Waals surface area contributed by atoms with Crippen LogP contribution < -0.4 is 11.2 Å². The van der Waals surface area contributed by atoms with Gasteiger partial charge in [0.2, 0.25) is 0 Å². The zero-order valence-electron chi connectivity index (χ0n) is 12.9. The van der Waals surface area contributed by atoms with Gasteiger partial charge in [-0.15, -0.1) is 0 Å². The Labute approximate surface area is 139 Å². The van der Waals surface area contributed by atoms with Crippen molar-refractivity contribution in [1.29, 1.82) is 0 Å². The van der Waals surface area contributed by atoms with E-state index in [-0.39, 0.29) is 12.8 Å². The largest absolute Gasteiger partial charge is 0.460 e. The van der Waals surface area contributed by atoms with Gasteiger partial charge in [-0.25, -0.2) is 9.59 Å². The van der Waals surface area contributed by atoms with Crippen molar-refractivity contribution in [3.05, 3.63) is 33.1 Å². The Morgan fingerprint density at radius 1 is 1.32 bits per heavy atom. The Kier molecular flexibility index (Phi) is 4.70. The highest BCUT2D eigenvalue weighted by atomic mass is 16.6. The lowest BCUT2D eigenvalue weighted by molar-refractivity contribution is -0.165.